The Labute approximate surface area is 810 Å². The third-order valence-electron chi connectivity index (χ3n) is 24.7. The average Bonchev–Trinajstić information content (AvgIpc) is 1.38. The van der Waals surface area contributed by atoms with Gasteiger partial charge in [-0.05, 0) is 257 Å². The molecule has 12 heterocycles. The second kappa shape index (κ2) is 34.5. The number of benzene rings is 16. The van der Waals surface area contributed by atoms with Gasteiger partial charge in [-0.25, -0.2) is 59.8 Å². The summed E-state index contributed by atoms with van der Waals surface area (Å²) in [5.74, 6) is 3.15. The Kier molecular flexibility index (Phi) is 20.9. The number of thiazole rings is 6. The van der Waals surface area contributed by atoms with Crippen LogP contribution in [0.3, 0.4) is 0 Å². The molecule has 0 saturated heterocycles. The van der Waals surface area contributed by atoms with Crippen LogP contribution in [0.25, 0.3) is 260 Å². The molecule has 18 nitrogen and oxygen atoms in total. The van der Waals surface area contributed by atoms with Crippen molar-refractivity contribution in [1.29, 1.82) is 0 Å². The number of nitrogens with zero attached hydrogens (tertiary/aromatic N) is 12. The summed E-state index contributed by atoms with van der Waals surface area (Å²) in [7, 11) is 0. The van der Waals surface area contributed by atoms with Crippen LogP contribution in [0, 0.1) is 41.5 Å². The zero-order valence-electron chi connectivity index (χ0n) is 74.4. The third kappa shape index (κ3) is 15.3. The number of oxazole rings is 6. The molecule has 12 aromatic heterocycles. The van der Waals surface area contributed by atoms with Gasteiger partial charge in [0.1, 0.15) is 63.1 Å². The van der Waals surface area contributed by atoms with Crippen molar-refractivity contribution in [2.75, 3.05) is 0 Å². The van der Waals surface area contributed by atoms with Gasteiger partial charge in [0.05, 0.1) is 61.3 Å². The zero-order chi connectivity index (χ0) is 92.3. The Morgan fingerprint density at radius 2 is 0.312 bits per heavy atom. The topological polar surface area (TPSA) is 234 Å². The van der Waals surface area contributed by atoms with E-state index in [0.29, 0.717) is 35.3 Å². The second-order valence-corrected chi connectivity index (χ2v) is 39.6. The molecular formula is C114H72N12O6S6. The fraction of sp³-hybridized carbons (Fsp3) is 0.0526. The van der Waals surface area contributed by atoms with Crippen LogP contribution in [0.15, 0.2) is 354 Å². The van der Waals surface area contributed by atoms with E-state index in [2.05, 4.69) is 202 Å². The van der Waals surface area contributed by atoms with Gasteiger partial charge in [-0.1, -0.05) is 146 Å². The quantitative estimate of drug-likeness (QED) is 0.111. The van der Waals surface area contributed by atoms with Crippen molar-refractivity contribution in [3.63, 3.8) is 0 Å². The first-order valence-corrected chi connectivity index (χ1v) is 49.6. The lowest BCUT2D eigenvalue weighted by molar-refractivity contribution is 0.611. The largest absolute Gasteiger partial charge is 0.436 e. The number of aromatic nitrogens is 12. The molecule has 0 radical (unpaired) electrons. The van der Waals surface area contributed by atoms with Crippen molar-refractivity contribution in [3.05, 3.63) is 361 Å². The molecule has 0 bridgehead atoms. The summed E-state index contributed by atoms with van der Waals surface area (Å²) in [6.07, 6.45) is 0. The highest BCUT2D eigenvalue weighted by atomic mass is 32.1. The Morgan fingerprint density at radius 3 is 0.522 bits per heavy atom. The van der Waals surface area contributed by atoms with Gasteiger partial charge in [0.2, 0.25) is 35.3 Å². The minimum atomic E-state index is 0.506. The summed E-state index contributed by atoms with van der Waals surface area (Å²) < 4.78 is 44.0. The Morgan fingerprint density at radius 1 is 0.152 bits per heavy atom. The van der Waals surface area contributed by atoms with Crippen LogP contribution in [0.4, 0.5) is 0 Å². The van der Waals surface area contributed by atoms with Crippen molar-refractivity contribution in [1.82, 2.24) is 59.8 Å². The number of rotatable bonds is 12. The van der Waals surface area contributed by atoms with Gasteiger partial charge in [0.15, 0.2) is 33.5 Å². The number of hydrogen-bond acceptors (Lipinski definition) is 24. The van der Waals surface area contributed by atoms with Gasteiger partial charge < -0.3 is 26.5 Å². The normalized spacial score (nSPS) is 11.7. The molecule has 138 heavy (non-hydrogen) atoms. The monoisotopic (exact) mass is 1900 g/mol. The SMILES string of the molecule is Cc1c(-c2nc3ccccc3o2)c(C)c(-c2nc3ccccc3o2)c(C)c1-c1nc2ccccc2o1.Cc1c(-c2nc3ccccc3s2)c(C)c(-c2nc3ccccc3s2)c(C)c1-c1nc2ccccc2s1.c1ccc2oc(-c3cc(-c4nc5ccccc5o4)cc(-c4nc5ccccc5o4)c3)nc2c1.c1ccc2sc(-c3cc(-c4nc5ccccc5s4)cc(-c4nc5ccccc5s4)c3)nc2c1. The molecule has 660 valence electrons. The van der Waals surface area contributed by atoms with Crippen molar-refractivity contribution in [3.8, 4) is 132 Å². The molecule has 24 heteroatoms. The molecule has 0 N–H and O–H groups in total. The van der Waals surface area contributed by atoms with E-state index in [4.69, 9.17) is 71.4 Å². The lowest BCUT2D eigenvalue weighted by Gasteiger charge is -2.19. The minimum Gasteiger partial charge on any atom is -0.436 e. The summed E-state index contributed by atoms with van der Waals surface area (Å²) in [5, 5.41) is 6.20. The first kappa shape index (κ1) is 83.5. The molecule has 0 aliphatic rings. The molecule has 0 saturated carbocycles. The smallest absolute Gasteiger partial charge is 0.227 e. The molecule has 0 aliphatic heterocycles. The van der Waals surface area contributed by atoms with E-state index in [9.17, 15) is 0 Å². The lowest BCUT2D eigenvalue weighted by Crippen LogP contribution is -2.01. The molecule has 0 amide bonds. The molecule has 0 fully saturated rings. The average molecular weight is 1900 g/mol. The summed E-state index contributed by atoms with van der Waals surface area (Å²) in [6.45, 7) is 12.9. The Bertz CT molecular complexity index is 7790. The predicted molar refractivity (Wildman–Crippen MR) is 564 cm³/mol. The second-order valence-electron chi connectivity index (χ2n) is 33.4. The van der Waals surface area contributed by atoms with Crippen LogP contribution < -0.4 is 0 Å². The zero-order valence-corrected chi connectivity index (χ0v) is 79.3. The van der Waals surface area contributed by atoms with Crippen molar-refractivity contribution >= 4 is 196 Å². The van der Waals surface area contributed by atoms with Crippen molar-refractivity contribution in [2.24, 2.45) is 0 Å². The third-order valence-corrected chi connectivity index (χ3v) is 31.1. The van der Waals surface area contributed by atoms with E-state index in [-0.39, 0.29) is 0 Å². The van der Waals surface area contributed by atoms with E-state index >= 15 is 0 Å². The summed E-state index contributed by atoms with van der Waals surface area (Å²) >= 11 is 10.4. The molecule has 0 unspecified atom stereocenters. The fourth-order valence-corrected chi connectivity index (χ4v) is 24.4. The van der Waals surface area contributed by atoms with E-state index in [0.717, 1.165) is 197 Å². The van der Waals surface area contributed by atoms with Crippen LogP contribution in [0.2, 0.25) is 0 Å². The molecule has 28 rings (SSSR count). The highest BCUT2D eigenvalue weighted by molar-refractivity contribution is 7.24. The van der Waals surface area contributed by atoms with E-state index in [1.165, 1.54) is 61.6 Å². The highest BCUT2D eigenvalue weighted by Gasteiger charge is 2.31. The number of para-hydroxylation sites is 18. The van der Waals surface area contributed by atoms with Gasteiger partial charge in [-0.3, -0.25) is 0 Å². The maximum absolute atomic E-state index is 6.24. The maximum Gasteiger partial charge on any atom is 0.227 e. The molecule has 28 aromatic rings. The number of fused-ring (bicyclic) bond motifs is 12. The molecule has 0 aliphatic carbocycles. The van der Waals surface area contributed by atoms with E-state index in [1.807, 2.05) is 182 Å². The van der Waals surface area contributed by atoms with E-state index in [1.54, 1.807) is 68.0 Å². The lowest BCUT2D eigenvalue weighted by atomic mass is 9.87. The van der Waals surface area contributed by atoms with Gasteiger partial charge in [0, 0.05) is 66.8 Å². The highest BCUT2D eigenvalue weighted by Crippen LogP contribution is 2.51. The molecular weight excluding hydrogens is 1830 g/mol. The summed E-state index contributed by atoms with van der Waals surface area (Å²) in [6, 6.07) is 109. The van der Waals surface area contributed by atoms with Crippen LogP contribution in [0.1, 0.15) is 33.4 Å². The van der Waals surface area contributed by atoms with Crippen molar-refractivity contribution < 1.29 is 26.5 Å². The minimum absolute atomic E-state index is 0.506. The molecule has 16 aromatic carbocycles. The van der Waals surface area contributed by atoms with Gasteiger partial charge in [-0.15, -0.1) is 68.0 Å². The van der Waals surface area contributed by atoms with E-state index < -0.39 is 0 Å². The Hall–Kier alpha value is -16.3. The molecule has 0 atom stereocenters. The first-order valence-electron chi connectivity index (χ1n) is 44.7. The standard InChI is InChI=1S/C30H21N3O3.C30H21N3S3.C27H15N3O3.C27H15N3S3/c2*1-16-25(28-31-19-10-4-7-13-22(19)34-28)17(2)27(30-33-21-12-6-9-15-24(21)36-30)18(3)26(16)29-32-20-11-5-8-14-23(20)35-29;2*1-4-10-22-19(7-1)28-25(31-22)16-13-17(26-29-20-8-2-5-11-23(20)32-26)15-18(14-16)27-30-21-9-3-6-12-24(21)33-27/h2*4-15H,1-3H3;2*1-15H. The predicted octanol–water partition coefficient (Wildman–Crippen LogP) is 33.1. The van der Waals surface area contributed by atoms with Gasteiger partial charge in [-0.2, -0.15) is 0 Å². The van der Waals surface area contributed by atoms with Crippen LogP contribution >= 0.6 is 68.0 Å². The fourth-order valence-electron chi connectivity index (χ4n) is 18.2. The van der Waals surface area contributed by atoms with Crippen LogP contribution in [0.5, 0.6) is 0 Å². The molecule has 0 spiro atoms. The van der Waals surface area contributed by atoms with Crippen LogP contribution in [-0.4, -0.2) is 59.8 Å². The summed E-state index contributed by atoms with van der Waals surface area (Å²) in [5.41, 5.74) is 33.9. The van der Waals surface area contributed by atoms with Crippen molar-refractivity contribution in [2.45, 2.75) is 41.5 Å². The van der Waals surface area contributed by atoms with Gasteiger partial charge in [0.25, 0.3) is 0 Å². The number of hydrogen-bond donors (Lipinski definition) is 0. The maximum atomic E-state index is 6.24. The van der Waals surface area contributed by atoms with Crippen LogP contribution in [-0.2, 0) is 0 Å². The first-order chi connectivity index (χ1) is 67.8. The Balaban J connectivity index is 0.0000000976. The summed E-state index contributed by atoms with van der Waals surface area (Å²) in [4.78, 5) is 58.5. The van der Waals surface area contributed by atoms with Gasteiger partial charge >= 0.3 is 0 Å².